The number of furan rings is 1. The molecule has 9 heteroatoms. The number of aryl methyl sites for hydroxylation is 1. The second-order valence-electron chi connectivity index (χ2n) is 8.98. The summed E-state index contributed by atoms with van der Waals surface area (Å²) in [6.45, 7) is 2.37. The van der Waals surface area contributed by atoms with Gasteiger partial charge in [0.2, 0.25) is 5.91 Å². The van der Waals surface area contributed by atoms with E-state index in [4.69, 9.17) is 9.15 Å². The van der Waals surface area contributed by atoms with Crippen LogP contribution < -0.4 is 10.6 Å². The van der Waals surface area contributed by atoms with Crippen LogP contribution in [0.4, 0.5) is 10.5 Å². The van der Waals surface area contributed by atoms with Crippen LogP contribution in [0, 0.1) is 6.92 Å². The molecule has 1 aliphatic heterocycles. The SMILES string of the molecule is Cc1cccc(CN2C(=O)O[C@@H](c3ccc(NC(=O)c4cccnc4)cc3)[C@@H]2C(=O)NCc2ccco2)c1. The van der Waals surface area contributed by atoms with Gasteiger partial charge >= 0.3 is 6.09 Å². The average Bonchev–Trinajstić information content (AvgIpc) is 3.56. The van der Waals surface area contributed by atoms with Crippen LogP contribution in [-0.2, 0) is 22.6 Å². The standard InChI is InChI=1S/C29H26N4O5/c1-19-5-2-6-20(15-19)18-33-25(28(35)31-17-24-8-4-14-37-24)26(38-29(33)36)21-9-11-23(12-10-21)32-27(34)22-7-3-13-30-16-22/h2-16,25-26H,17-18H2,1H3,(H,31,35)(H,32,34)/t25-,26+/m1/s1. The number of anilines is 1. The van der Waals surface area contributed by atoms with Gasteiger partial charge in [-0.2, -0.15) is 0 Å². The number of carbonyl (C=O) groups excluding carboxylic acids is 3. The zero-order valence-corrected chi connectivity index (χ0v) is 20.7. The Morgan fingerprint density at radius 2 is 1.87 bits per heavy atom. The molecule has 9 nitrogen and oxygen atoms in total. The zero-order valence-electron chi connectivity index (χ0n) is 20.7. The lowest BCUT2D eigenvalue weighted by atomic mass is 10.00. The van der Waals surface area contributed by atoms with Gasteiger partial charge in [-0.25, -0.2) is 4.79 Å². The second kappa shape index (κ2) is 11.0. The molecule has 0 unspecified atom stereocenters. The van der Waals surface area contributed by atoms with Gasteiger partial charge < -0.3 is 19.8 Å². The van der Waals surface area contributed by atoms with E-state index in [0.717, 1.165) is 11.1 Å². The van der Waals surface area contributed by atoms with Crippen LogP contribution in [-0.4, -0.2) is 33.8 Å². The number of benzene rings is 2. The van der Waals surface area contributed by atoms with Crippen molar-refractivity contribution in [2.24, 2.45) is 0 Å². The largest absolute Gasteiger partial charge is 0.467 e. The van der Waals surface area contributed by atoms with Crippen molar-refractivity contribution >= 4 is 23.6 Å². The fourth-order valence-corrected chi connectivity index (χ4v) is 4.37. The van der Waals surface area contributed by atoms with Crippen molar-refractivity contribution in [2.45, 2.75) is 32.2 Å². The molecule has 1 aliphatic rings. The average molecular weight is 511 g/mol. The number of pyridine rings is 1. The lowest BCUT2D eigenvalue weighted by molar-refractivity contribution is -0.126. The van der Waals surface area contributed by atoms with Crippen LogP contribution in [0.15, 0.2) is 95.9 Å². The highest BCUT2D eigenvalue weighted by Gasteiger charge is 2.47. The van der Waals surface area contributed by atoms with Crippen molar-refractivity contribution < 1.29 is 23.5 Å². The van der Waals surface area contributed by atoms with Gasteiger partial charge in [0.1, 0.15) is 5.76 Å². The van der Waals surface area contributed by atoms with Gasteiger partial charge in [0.15, 0.2) is 12.1 Å². The van der Waals surface area contributed by atoms with E-state index in [1.807, 2.05) is 31.2 Å². The summed E-state index contributed by atoms with van der Waals surface area (Å²) < 4.78 is 11.1. The number of ether oxygens (including phenoxy) is 1. The van der Waals surface area contributed by atoms with Gasteiger partial charge in [-0.1, -0.05) is 42.0 Å². The number of rotatable bonds is 8. The van der Waals surface area contributed by atoms with Crippen LogP contribution in [0.5, 0.6) is 0 Å². The maximum Gasteiger partial charge on any atom is 0.411 e. The third-order valence-corrected chi connectivity index (χ3v) is 6.23. The van der Waals surface area contributed by atoms with E-state index < -0.39 is 18.2 Å². The molecule has 4 aromatic rings. The minimum absolute atomic E-state index is 0.181. The summed E-state index contributed by atoms with van der Waals surface area (Å²) in [5, 5.41) is 5.68. The summed E-state index contributed by atoms with van der Waals surface area (Å²) in [5.74, 6) is -0.0596. The molecule has 1 fully saturated rings. The van der Waals surface area contributed by atoms with Crippen molar-refractivity contribution in [3.05, 3.63) is 119 Å². The molecule has 38 heavy (non-hydrogen) atoms. The third kappa shape index (κ3) is 5.57. The molecule has 1 saturated heterocycles. The Labute approximate surface area is 219 Å². The number of amides is 3. The van der Waals surface area contributed by atoms with Crippen LogP contribution in [0.25, 0.3) is 0 Å². The van der Waals surface area contributed by atoms with Gasteiger partial charge in [-0.3, -0.25) is 19.5 Å². The van der Waals surface area contributed by atoms with Crippen molar-refractivity contribution in [3.8, 4) is 0 Å². The predicted octanol–water partition coefficient (Wildman–Crippen LogP) is 4.61. The van der Waals surface area contributed by atoms with Crippen LogP contribution >= 0.6 is 0 Å². The second-order valence-corrected chi connectivity index (χ2v) is 8.98. The summed E-state index contributed by atoms with van der Waals surface area (Å²) in [6, 6.07) is 20.6. The Kier molecular flexibility index (Phi) is 7.17. The van der Waals surface area contributed by atoms with E-state index >= 15 is 0 Å². The fraction of sp³-hybridized carbons (Fsp3) is 0.172. The van der Waals surface area contributed by atoms with E-state index in [2.05, 4.69) is 15.6 Å². The summed E-state index contributed by atoms with van der Waals surface area (Å²) in [6.07, 6.45) is 3.19. The number of nitrogens with one attached hydrogen (secondary N) is 2. The molecule has 2 atom stereocenters. The van der Waals surface area contributed by atoms with E-state index in [9.17, 15) is 14.4 Å². The topological polar surface area (TPSA) is 114 Å². The molecule has 192 valence electrons. The molecule has 0 spiro atoms. The molecule has 5 rings (SSSR count). The first kappa shape index (κ1) is 24.8. The highest BCUT2D eigenvalue weighted by molar-refractivity contribution is 6.04. The van der Waals surface area contributed by atoms with E-state index in [1.54, 1.807) is 54.7 Å². The molecule has 0 radical (unpaired) electrons. The number of hydrogen-bond acceptors (Lipinski definition) is 6. The minimum atomic E-state index is -0.909. The third-order valence-electron chi connectivity index (χ3n) is 6.23. The lowest BCUT2D eigenvalue weighted by Gasteiger charge is -2.24. The molecule has 2 N–H and O–H groups in total. The van der Waals surface area contributed by atoms with E-state index in [1.165, 1.54) is 17.4 Å². The lowest BCUT2D eigenvalue weighted by Crippen LogP contribution is -2.46. The molecule has 3 heterocycles. The Bertz CT molecular complexity index is 1420. The molecular weight excluding hydrogens is 484 g/mol. The summed E-state index contributed by atoms with van der Waals surface area (Å²) in [4.78, 5) is 44.3. The first-order valence-corrected chi connectivity index (χ1v) is 12.1. The number of carbonyl (C=O) groups is 3. The van der Waals surface area contributed by atoms with Gasteiger partial charge in [0, 0.05) is 18.1 Å². The predicted molar refractivity (Wildman–Crippen MR) is 139 cm³/mol. The van der Waals surface area contributed by atoms with Gasteiger partial charge in [0.25, 0.3) is 5.91 Å². The molecule has 2 aromatic carbocycles. The smallest absolute Gasteiger partial charge is 0.411 e. The quantitative estimate of drug-likeness (QED) is 0.358. The Hall–Kier alpha value is -4.92. The number of aromatic nitrogens is 1. The molecule has 0 aliphatic carbocycles. The van der Waals surface area contributed by atoms with E-state index in [0.29, 0.717) is 22.6 Å². The zero-order chi connectivity index (χ0) is 26.5. The van der Waals surface area contributed by atoms with Gasteiger partial charge in [-0.15, -0.1) is 0 Å². The van der Waals surface area contributed by atoms with Crippen LogP contribution in [0.2, 0.25) is 0 Å². The maximum absolute atomic E-state index is 13.4. The number of hydrogen-bond donors (Lipinski definition) is 2. The van der Waals surface area contributed by atoms with Crippen LogP contribution in [0.3, 0.4) is 0 Å². The van der Waals surface area contributed by atoms with Crippen LogP contribution in [0.1, 0.15) is 38.9 Å². The van der Waals surface area contributed by atoms with Crippen molar-refractivity contribution in [3.63, 3.8) is 0 Å². The monoisotopic (exact) mass is 510 g/mol. The highest BCUT2D eigenvalue weighted by atomic mass is 16.6. The first-order valence-electron chi connectivity index (χ1n) is 12.1. The van der Waals surface area contributed by atoms with Gasteiger partial charge in [0.05, 0.1) is 24.9 Å². The minimum Gasteiger partial charge on any atom is -0.467 e. The first-order chi connectivity index (χ1) is 18.5. The van der Waals surface area contributed by atoms with Crippen molar-refractivity contribution in [2.75, 3.05) is 5.32 Å². The molecule has 2 aromatic heterocycles. The van der Waals surface area contributed by atoms with Gasteiger partial charge in [-0.05, 0) is 54.4 Å². The molecule has 0 bridgehead atoms. The Morgan fingerprint density at radius 3 is 2.58 bits per heavy atom. The number of nitrogens with zero attached hydrogens (tertiary/aromatic N) is 2. The molecule has 3 amide bonds. The van der Waals surface area contributed by atoms with Crippen molar-refractivity contribution in [1.82, 2.24) is 15.2 Å². The Balaban J connectivity index is 1.37. The highest BCUT2D eigenvalue weighted by Crippen LogP contribution is 2.34. The normalized spacial score (nSPS) is 16.7. The Morgan fingerprint density at radius 1 is 1.03 bits per heavy atom. The molecule has 0 saturated carbocycles. The summed E-state index contributed by atoms with van der Waals surface area (Å²) in [5.41, 5.74) is 3.56. The maximum atomic E-state index is 13.4. The summed E-state index contributed by atoms with van der Waals surface area (Å²) in [7, 11) is 0. The van der Waals surface area contributed by atoms with E-state index in [-0.39, 0.29) is 24.9 Å². The van der Waals surface area contributed by atoms with Crippen molar-refractivity contribution in [1.29, 1.82) is 0 Å². The number of cyclic esters (lactones) is 1. The summed E-state index contributed by atoms with van der Waals surface area (Å²) >= 11 is 0. The fourth-order valence-electron chi connectivity index (χ4n) is 4.37. The molecular formula is C29H26N4O5.